The molecule has 0 saturated carbocycles. The lowest BCUT2D eigenvalue weighted by molar-refractivity contribution is -0.158. The van der Waals surface area contributed by atoms with Gasteiger partial charge >= 0.3 is 18.0 Å². The van der Waals surface area contributed by atoms with E-state index in [2.05, 4.69) is 5.32 Å². The van der Waals surface area contributed by atoms with Gasteiger partial charge in [-0.2, -0.15) is 0 Å². The topological polar surface area (TPSA) is 111 Å². The molecule has 1 aliphatic rings. The molecule has 0 spiro atoms. The molecule has 2 aromatic rings. The first-order chi connectivity index (χ1) is 18.0. The first-order valence-corrected chi connectivity index (χ1v) is 12.5. The van der Waals surface area contributed by atoms with E-state index in [0.29, 0.717) is 0 Å². The summed E-state index contributed by atoms with van der Waals surface area (Å²) >= 11 is 0. The molecule has 38 heavy (non-hydrogen) atoms. The number of benzene rings is 2. The SMILES string of the molecule is CCOC(=O)/C=C1\C[C@@](Cc2ccccc2)(NC(=O)OCc2ccccc2)C(=O)N1CC(=O)OC(C)(C)C. The molecule has 0 bridgehead atoms. The van der Waals surface area contributed by atoms with Crippen LogP contribution in [0.4, 0.5) is 4.79 Å². The summed E-state index contributed by atoms with van der Waals surface area (Å²) in [6, 6.07) is 18.3. The molecule has 1 fully saturated rings. The van der Waals surface area contributed by atoms with Crippen LogP contribution in [-0.2, 0) is 41.6 Å². The zero-order valence-electron chi connectivity index (χ0n) is 22.2. The largest absolute Gasteiger partial charge is 0.463 e. The molecular weight excluding hydrogens is 488 g/mol. The van der Waals surface area contributed by atoms with E-state index >= 15 is 0 Å². The summed E-state index contributed by atoms with van der Waals surface area (Å²) in [5.74, 6) is -1.87. The van der Waals surface area contributed by atoms with E-state index in [4.69, 9.17) is 14.2 Å². The number of nitrogens with one attached hydrogen (secondary N) is 1. The van der Waals surface area contributed by atoms with Crippen LogP contribution >= 0.6 is 0 Å². The Balaban J connectivity index is 1.93. The fourth-order valence-electron chi connectivity index (χ4n) is 4.17. The second-order valence-electron chi connectivity index (χ2n) is 9.97. The van der Waals surface area contributed by atoms with Crippen LogP contribution in [0.5, 0.6) is 0 Å². The lowest BCUT2D eigenvalue weighted by atomic mass is 9.88. The molecule has 1 aliphatic heterocycles. The predicted octanol–water partition coefficient (Wildman–Crippen LogP) is 3.92. The minimum atomic E-state index is -1.50. The maximum absolute atomic E-state index is 13.9. The highest BCUT2D eigenvalue weighted by Gasteiger charge is 2.51. The molecule has 0 aromatic heterocycles. The number of carbonyl (C=O) groups excluding carboxylic acids is 4. The molecule has 3 rings (SSSR count). The Morgan fingerprint density at radius 1 is 0.974 bits per heavy atom. The molecule has 2 amide bonds. The van der Waals surface area contributed by atoms with Gasteiger partial charge in [-0.3, -0.25) is 9.59 Å². The van der Waals surface area contributed by atoms with E-state index in [9.17, 15) is 19.2 Å². The van der Waals surface area contributed by atoms with E-state index in [0.717, 1.165) is 11.1 Å². The molecule has 0 unspecified atom stereocenters. The highest BCUT2D eigenvalue weighted by atomic mass is 16.6. The van der Waals surface area contributed by atoms with Crippen LogP contribution in [0.2, 0.25) is 0 Å². The number of nitrogens with zero attached hydrogens (tertiary/aromatic N) is 1. The third kappa shape index (κ3) is 7.93. The van der Waals surface area contributed by atoms with Crippen molar-refractivity contribution < 1.29 is 33.4 Å². The van der Waals surface area contributed by atoms with Gasteiger partial charge in [0.2, 0.25) is 0 Å². The van der Waals surface area contributed by atoms with Crippen LogP contribution in [-0.4, -0.2) is 53.1 Å². The lowest BCUT2D eigenvalue weighted by Gasteiger charge is -2.28. The van der Waals surface area contributed by atoms with Gasteiger partial charge in [0.1, 0.15) is 24.3 Å². The predicted molar refractivity (Wildman–Crippen MR) is 140 cm³/mol. The number of hydrogen-bond acceptors (Lipinski definition) is 7. The van der Waals surface area contributed by atoms with Crippen molar-refractivity contribution in [3.63, 3.8) is 0 Å². The standard InChI is InChI=1S/C29H34N2O7/c1-5-36-24(32)16-23-18-29(17-21-12-8-6-9-13-21,26(34)31(23)19-25(33)38-28(2,3)4)30-27(35)37-20-22-14-10-7-11-15-22/h6-16H,5,17-20H2,1-4H3,(H,30,35)/b23-16+/t29-/m1/s1. The van der Waals surface area contributed by atoms with Crippen LogP contribution in [0.1, 0.15) is 45.2 Å². The van der Waals surface area contributed by atoms with Crippen molar-refractivity contribution in [1.82, 2.24) is 10.2 Å². The summed E-state index contributed by atoms with van der Waals surface area (Å²) in [4.78, 5) is 53.1. The number of amides is 2. The van der Waals surface area contributed by atoms with Crippen LogP contribution < -0.4 is 5.32 Å². The normalized spacial score (nSPS) is 18.3. The first-order valence-electron chi connectivity index (χ1n) is 12.5. The summed E-state index contributed by atoms with van der Waals surface area (Å²) < 4.78 is 15.9. The van der Waals surface area contributed by atoms with E-state index < -0.39 is 41.6 Å². The number of rotatable bonds is 9. The lowest BCUT2D eigenvalue weighted by Crippen LogP contribution is -2.56. The Morgan fingerprint density at radius 2 is 1.58 bits per heavy atom. The molecule has 202 valence electrons. The average Bonchev–Trinajstić information content (AvgIpc) is 3.08. The molecule has 0 aliphatic carbocycles. The van der Waals surface area contributed by atoms with Crippen molar-refractivity contribution in [2.75, 3.05) is 13.2 Å². The molecule has 9 nitrogen and oxygen atoms in total. The summed E-state index contributed by atoms with van der Waals surface area (Å²) in [6.07, 6.45) is 0.434. The van der Waals surface area contributed by atoms with Crippen molar-refractivity contribution in [1.29, 1.82) is 0 Å². The van der Waals surface area contributed by atoms with Crippen molar-refractivity contribution in [3.05, 3.63) is 83.6 Å². The molecule has 0 radical (unpaired) electrons. The van der Waals surface area contributed by atoms with Gasteiger partial charge in [-0.15, -0.1) is 0 Å². The van der Waals surface area contributed by atoms with Gasteiger partial charge in [0, 0.05) is 24.6 Å². The van der Waals surface area contributed by atoms with E-state index in [1.165, 1.54) is 11.0 Å². The van der Waals surface area contributed by atoms with Gasteiger partial charge in [-0.1, -0.05) is 60.7 Å². The zero-order chi connectivity index (χ0) is 27.8. The van der Waals surface area contributed by atoms with Crippen molar-refractivity contribution >= 4 is 23.9 Å². The van der Waals surface area contributed by atoms with E-state index in [1.807, 2.05) is 60.7 Å². The molecule has 1 atom stereocenters. The van der Waals surface area contributed by atoms with Crippen LogP contribution in [0.25, 0.3) is 0 Å². The number of alkyl carbamates (subject to hydrolysis) is 1. The Hall–Kier alpha value is -4.14. The van der Waals surface area contributed by atoms with Gasteiger partial charge in [0.05, 0.1) is 6.61 Å². The molecule has 1 saturated heterocycles. The molecule has 2 aromatic carbocycles. The second kappa shape index (κ2) is 12.4. The third-order valence-corrected chi connectivity index (χ3v) is 5.67. The number of esters is 2. The van der Waals surface area contributed by atoms with Crippen LogP contribution in [0.15, 0.2) is 72.4 Å². The van der Waals surface area contributed by atoms with Crippen molar-refractivity contribution in [3.8, 4) is 0 Å². The van der Waals surface area contributed by atoms with Gasteiger partial charge in [-0.25, -0.2) is 9.59 Å². The molecule has 9 heteroatoms. The Bertz CT molecular complexity index is 1170. The molecule has 1 heterocycles. The summed E-state index contributed by atoms with van der Waals surface area (Å²) in [5, 5.41) is 2.75. The number of likely N-dealkylation sites (tertiary alicyclic amines) is 1. The van der Waals surface area contributed by atoms with Gasteiger partial charge in [0.15, 0.2) is 0 Å². The maximum Gasteiger partial charge on any atom is 0.408 e. The monoisotopic (exact) mass is 522 g/mol. The summed E-state index contributed by atoms with van der Waals surface area (Å²) in [6.45, 7) is 6.54. The van der Waals surface area contributed by atoms with E-state index in [1.54, 1.807) is 27.7 Å². The number of hydrogen-bond donors (Lipinski definition) is 1. The minimum absolute atomic E-state index is 0.00935. The fourth-order valence-corrected chi connectivity index (χ4v) is 4.17. The Kier molecular flexibility index (Phi) is 9.28. The second-order valence-corrected chi connectivity index (χ2v) is 9.97. The smallest absolute Gasteiger partial charge is 0.408 e. The average molecular weight is 523 g/mol. The van der Waals surface area contributed by atoms with Crippen molar-refractivity contribution in [2.24, 2.45) is 0 Å². The van der Waals surface area contributed by atoms with Gasteiger partial charge < -0.3 is 24.4 Å². The number of ether oxygens (including phenoxy) is 3. The van der Waals surface area contributed by atoms with Gasteiger partial charge in [0.25, 0.3) is 5.91 Å². The maximum atomic E-state index is 13.9. The Labute approximate surface area is 222 Å². The van der Waals surface area contributed by atoms with Crippen molar-refractivity contribution in [2.45, 2.75) is 58.3 Å². The highest BCUT2D eigenvalue weighted by molar-refractivity contribution is 5.98. The highest BCUT2D eigenvalue weighted by Crippen LogP contribution is 2.35. The molecular formula is C29H34N2O7. The fraction of sp³-hybridized carbons (Fsp3) is 0.379. The van der Waals surface area contributed by atoms with Crippen LogP contribution in [0.3, 0.4) is 0 Å². The number of carbonyl (C=O) groups is 4. The Morgan fingerprint density at radius 3 is 2.16 bits per heavy atom. The molecule has 1 N–H and O–H groups in total. The third-order valence-electron chi connectivity index (χ3n) is 5.67. The van der Waals surface area contributed by atoms with E-state index in [-0.39, 0.29) is 31.8 Å². The summed E-state index contributed by atoms with van der Waals surface area (Å²) in [7, 11) is 0. The summed E-state index contributed by atoms with van der Waals surface area (Å²) in [5.41, 5.74) is -0.481. The van der Waals surface area contributed by atoms with Crippen LogP contribution in [0, 0.1) is 0 Å². The zero-order valence-corrected chi connectivity index (χ0v) is 22.2. The first kappa shape index (κ1) is 28.4. The van der Waals surface area contributed by atoms with Gasteiger partial charge in [-0.05, 0) is 38.8 Å². The quantitative estimate of drug-likeness (QED) is 0.302. The minimum Gasteiger partial charge on any atom is -0.463 e.